The van der Waals surface area contributed by atoms with Gasteiger partial charge in [0.1, 0.15) is 0 Å². The molecule has 2 fully saturated rings. The first kappa shape index (κ1) is 12.3. The predicted molar refractivity (Wildman–Crippen MR) is 76.2 cm³/mol. The molecule has 2 amide bonds. The maximum Gasteiger partial charge on any atom is 0.240 e. The lowest BCUT2D eigenvalue weighted by Crippen LogP contribution is -2.34. The summed E-state index contributed by atoms with van der Waals surface area (Å²) in [5.41, 5.74) is 1.70. The minimum atomic E-state index is -0.349. The van der Waals surface area contributed by atoms with E-state index in [1.165, 1.54) is 4.90 Å². The number of nitrogens with zero attached hydrogens (tertiary/aromatic N) is 1. The molecule has 3 heterocycles. The highest BCUT2D eigenvalue weighted by molar-refractivity contribution is 9.10. The molecule has 4 nitrogen and oxygen atoms in total. The molecular formula is C15H12BrNO3. The van der Waals surface area contributed by atoms with Crippen LogP contribution in [-0.2, 0) is 14.3 Å². The van der Waals surface area contributed by atoms with Gasteiger partial charge < -0.3 is 4.74 Å². The number of benzene rings is 1. The molecule has 0 aliphatic carbocycles. The number of hydrogen-bond donors (Lipinski definition) is 0. The molecule has 1 aromatic rings. The summed E-state index contributed by atoms with van der Waals surface area (Å²) in [6.45, 7) is 1.97. The third-order valence-electron chi connectivity index (χ3n) is 4.32. The molecule has 4 atom stereocenters. The van der Waals surface area contributed by atoms with Crippen molar-refractivity contribution in [3.8, 4) is 0 Å². The van der Waals surface area contributed by atoms with E-state index >= 15 is 0 Å². The van der Waals surface area contributed by atoms with Crippen molar-refractivity contribution in [1.29, 1.82) is 0 Å². The minimum Gasteiger partial charge on any atom is -0.365 e. The Morgan fingerprint density at radius 1 is 1.10 bits per heavy atom. The fourth-order valence-corrected chi connectivity index (χ4v) is 3.65. The van der Waals surface area contributed by atoms with Gasteiger partial charge in [-0.1, -0.05) is 34.1 Å². The van der Waals surface area contributed by atoms with Gasteiger partial charge in [-0.2, -0.15) is 0 Å². The number of amides is 2. The van der Waals surface area contributed by atoms with Gasteiger partial charge in [-0.15, -0.1) is 0 Å². The van der Waals surface area contributed by atoms with Crippen LogP contribution >= 0.6 is 15.9 Å². The van der Waals surface area contributed by atoms with Crippen molar-refractivity contribution in [2.75, 3.05) is 4.90 Å². The zero-order valence-corrected chi connectivity index (χ0v) is 12.3. The van der Waals surface area contributed by atoms with E-state index in [1.54, 1.807) is 0 Å². The summed E-state index contributed by atoms with van der Waals surface area (Å²) < 4.78 is 6.51. The van der Waals surface area contributed by atoms with Crippen molar-refractivity contribution >= 4 is 33.4 Å². The van der Waals surface area contributed by atoms with Crippen molar-refractivity contribution in [3.63, 3.8) is 0 Å². The van der Waals surface area contributed by atoms with Crippen LogP contribution in [0.25, 0.3) is 0 Å². The van der Waals surface area contributed by atoms with Crippen LogP contribution < -0.4 is 4.90 Å². The average Bonchev–Trinajstić information content (AvgIpc) is 3.08. The van der Waals surface area contributed by atoms with Gasteiger partial charge in [-0.05, 0) is 24.6 Å². The molecule has 102 valence electrons. The molecule has 0 saturated carbocycles. The van der Waals surface area contributed by atoms with Crippen LogP contribution in [0.4, 0.5) is 5.69 Å². The van der Waals surface area contributed by atoms with E-state index < -0.39 is 0 Å². The van der Waals surface area contributed by atoms with Gasteiger partial charge in [0.2, 0.25) is 11.8 Å². The number of hydrogen-bond acceptors (Lipinski definition) is 3. The van der Waals surface area contributed by atoms with Crippen molar-refractivity contribution < 1.29 is 14.3 Å². The van der Waals surface area contributed by atoms with Gasteiger partial charge in [0, 0.05) is 4.47 Å². The maximum atomic E-state index is 12.6. The zero-order valence-electron chi connectivity index (χ0n) is 10.7. The molecule has 3 aliphatic rings. The summed E-state index contributed by atoms with van der Waals surface area (Å²) in [5, 5.41) is 0. The highest BCUT2D eigenvalue weighted by atomic mass is 79.9. The standard InChI is InChI=1S/C15H12BrNO3/c1-7-2-3-8(6-9(7)16)17-14(18)12-10-4-5-11(20-10)13(12)15(17)19/h2-6,10-13H,1H3/t10-,11-,12+,13+/m1/s1. The smallest absolute Gasteiger partial charge is 0.240 e. The normalized spacial score (nSPS) is 34.2. The fraction of sp³-hybridized carbons (Fsp3) is 0.333. The summed E-state index contributed by atoms with van der Waals surface area (Å²) in [6, 6.07) is 5.53. The molecule has 2 bridgehead atoms. The van der Waals surface area contributed by atoms with E-state index in [0.29, 0.717) is 5.69 Å². The van der Waals surface area contributed by atoms with Gasteiger partial charge in [0.05, 0.1) is 29.7 Å². The number of carbonyl (C=O) groups excluding carboxylic acids is 2. The third-order valence-corrected chi connectivity index (χ3v) is 5.18. The number of fused-ring (bicyclic) bond motifs is 5. The van der Waals surface area contributed by atoms with Gasteiger partial charge in [0.25, 0.3) is 0 Å². The molecule has 20 heavy (non-hydrogen) atoms. The molecular weight excluding hydrogens is 322 g/mol. The Kier molecular flexibility index (Phi) is 2.47. The minimum absolute atomic E-state index is 0.146. The Hall–Kier alpha value is -1.46. The summed E-state index contributed by atoms with van der Waals surface area (Å²) in [6.07, 6.45) is 3.32. The van der Waals surface area contributed by atoms with E-state index in [-0.39, 0.29) is 35.9 Å². The number of halogens is 1. The number of rotatable bonds is 1. The van der Waals surface area contributed by atoms with Crippen molar-refractivity contribution in [3.05, 3.63) is 40.4 Å². The van der Waals surface area contributed by atoms with Gasteiger partial charge in [-0.25, -0.2) is 4.90 Å². The van der Waals surface area contributed by atoms with E-state index in [0.717, 1.165) is 10.0 Å². The van der Waals surface area contributed by atoms with E-state index in [2.05, 4.69) is 15.9 Å². The highest BCUT2D eigenvalue weighted by Gasteiger charge is 2.60. The van der Waals surface area contributed by atoms with Crippen LogP contribution in [-0.4, -0.2) is 24.0 Å². The van der Waals surface area contributed by atoms with Crippen LogP contribution in [0.3, 0.4) is 0 Å². The number of anilines is 1. The Morgan fingerprint density at radius 2 is 1.70 bits per heavy atom. The summed E-state index contributed by atoms with van der Waals surface area (Å²) in [5.74, 6) is -0.990. The van der Waals surface area contributed by atoms with Crippen molar-refractivity contribution in [2.24, 2.45) is 11.8 Å². The topological polar surface area (TPSA) is 46.6 Å². The molecule has 0 radical (unpaired) electrons. The molecule has 1 aromatic carbocycles. The molecule has 4 rings (SSSR count). The van der Waals surface area contributed by atoms with Crippen LogP contribution in [0, 0.1) is 18.8 Å². The molecule has 5 heteroatoms. The highest BCUT2D eigenvalue weighted by Crippen LogP contribution is 2.46. The second kappa shape index (κ2) is 4.02. The molecule has 0 N–H and O–H groups in total. The van der Waals surface area contributed by atoms with E-state index in [9.17, 15) is 9.59 Å². The SMILES string of the molecule is Cc1ccc(N2C(=O)[C@@H]3[C@@H](C2=O)[C@H]2C=C[C@H]3O2)cc1Br. The first-order valence-electron chi connectivity index (χ1n) is 6.55. The van der Waals surface area contributed by atoms with Crippen LogP contribution in [0.15, 0.2) is 34.8 Å². The van der Waals surface area contributed by atoms with Crippen LogP contribution in [0.2, 0.25) is 0 Å². The van der Waals surface area contributed by atoms with Crippen LogP contribution in [0.5, 0.6) is 0 Å². The first-order chi connectivity index (χ1) is 9.58. The Bertz CT molecular complexity index is 639. The van der Waals surface area contributed by atoms with Gasteiger partial charge in [-0.3, -0.25) is 9.59 Å². The van der Waals surface area contributed by atoms with Gasteiger partial charge >= 0.3 is 0 Å². The molecule has 3 aliphatic heterocycles. The first-order valence-corrected chi connectivity index (χ1v) is 7.35. The Balaban J connectivity index is 1.76. The van der Waals surface area contributed by atoms with Gasteiger partial charge in [0.15, 0.2) is 0 Å². The lowest BCUT2D eigenvalue weighted by atomic mass is 9.85. The Morgan fingerprint density at radius 3 is 2.25 bits per heavy atom. The molecule has 0 unspecified atom stereocenters. The number of imide groups is 1. The van der Waals surface area contributed by atoms with E-state index in [1.807, 2.05) is 37.3 Å². The molecule has 2 saturated heterocycles. The zero-order chi connectivity index (χ0) is 14.0. The average molecular weight is 334 g/mol. The molecule has 0 spiro atoms. The summed E-state index contributed by atoms with van der Waals surface area (Å²) in [4.78, 5) is 26.4. The molecule has 0 aromatic heterocycles. The predicted octanol–water partition coefficient (Wildman–Crippen LogP) is 2.20. The quantitative estimate of drug-likeness (QED) is 0.584. The van der Waals surface area contributed by atoms with E-state index in [4.69, 9.17) is 4.74 Å². The monoisotopic (exact) mass is 333 g/mol. The van der Waals surface area contributed by atoms with Crippen LogP contribution in [0.1, 0.15) is 5.56 Å². The second-order valence-electron chi connectivity index (χ2n) is 5.45. The maximum absolute atomic E-state index is 12.6. The largest absolute Gasteiger partial charge is 0.365 e. The van der Waals surface area contributed by atoms with Crippen molar-refractivity contribution in [1.82, 2.24) is 0 Å². The number of aryl methyl sites for hydroxylation is 1. The summed E-state index contributed by atoms with van der Waals surface area (Å²) >= 11 is 3.44. The fourth-order valence-electron chi connectivity index (χ4n) is 3.28. The number of carbonyl (C=O) groups is 2. The summed E-state index contributed by atoms with van der Waals surface area (Å²) in [7, 11) is 0. The van der Waals surface area contributed by atoms with Crippen molar-refractivity contribution in [2.45, 2.75) is 19.1 Å². The second-order valence-corrected chi connectivity index (χ2v) is 6.30. The lowest BCUT2D eigenvalue weighted by molar-refractivity contribution is -0.124. The Labute approximate surface area is 124 Å². The number of ether oxygens (including phenoxy) is 1. The third kappa shape index (κ3) is 1.45. The lowest BCUT2D eigenvalue weighted by Gasteiger charge is -2.18.